The molecule has 0 unspecified atom stereocenters. The zero-order valence-electron chi connectivity index (χ0n) is 29.3. The minimum Gasteiger partial charge on any atom is -0.462 e. The van der Waals surface area contributed by atoms with Crippen LogP contribution in [0.2, 0.25) is 10.0 Å². The molecular formula is C40H36Cl2N8O4. The van der Waals surface area contributed by atoms with Crippen molar-refractivity contribution in [3.05, 3.63) is 81.8 Å². The molecule has 2 aromatic carbocycles. The monoisotopic (exact) mass is 762 g/mol. The number of amides is 2. The second kappa shape index (κ2) is 14.5. The largest absolute Gasteiger partial charge is 0.462 e. The van der Waals surface area contributed by atoms with E-state index in [4.69, 9.17) is 42.6 Å². The van der Waals surface area contributed by atoms with Crippen LogP contribution in [0.1, 0.15) is 36.8 Å². The topological polar surface area (TPSA) is 156 Å². The zero-order valence-corrected chi connectivity index (χ0v) is 30.8. The standard InChI is InChI=1S/C40H36Cl2N8O4/c41-35-27(3-1-5-29(35)31-9-7-25(37(45-31)53-17-15-43)19-49-21-39(22-49)13-11-33(51)47-39)28-4-2-6-30(36(28)42)32-10-8-26(38(46-32)54-18-16-44)20-50-23-40(24-50)14-12-34(52)48-40/h1-10H,11-14,17-24H2,(H,47,51)(H,48,52). The third-order valence-corrected chi connectivity index (χ3v) is 11.4. The number of hydrogen-bond acceptors (Lipinski definition) is 10. The first-order chi connectivity index (χ1) is 26.2. The van der Waals surface area contributed by atoms with Crippen LogP contribution in [0.25, 0.3) is 33.6 Å². The summed E-state index contributed by atoms with van der Waals surface area (Å²) in [7, 11) is 0. The van der Waals surface area contributed by atoms with Gasteiger partial charge in [-0.05, 0) is 25.0 Å². The van der Waals surface area contributed by atoms with Crippen LogP contribution in [0.4, 0.5) is 0 Å². The van der Waals surface area contributed by atoms with Gasteiger partial charge in [0.05, 0.1) is 32.5 Å². The van der Waals surface area contributed by atoms with Crippen LogP contribution < -0.4 is 20.1 Å². The maximum absolute atomic E-state index is 11.8. The summed E-state index contributed by atoms with van der Waals surface area (Å²) in [5.74, 6) is 0.910. The van der Waals surface area contributed by atoms with Crippen molar-refractivity contribution in [2.75, 3.05) is 39.4 Å². The molecule has 0 radical (unpaired) electrons. The fourth-order valence-electron chi connectivity index (χ4n) is 8.15. The van der Waals surface area contributed by atoms with Crippen molar-refractivity contribution >= 4 is 35.0 Å². The van der Waals surface area contributed by atoms with Crippen molar-refractivity contribution in [1.29, 1.82) is 10.5 Å². The molecule has 0 bridgehead atoms. The maximum atomic E-state index is 11.8. The average Bonchev–Trinajstić information content (AvgIpc) is 3.73. The van der Waals surface area contributed by atoms with Crippen LogP contribution in [-0.4, -0.2) is 82.1 Å². The minimum absolute atomic E-state index is 0.0987. The molecule has 4 saturated heterocycles. The number of likely N-dealkylation sites (tertiary alicyclic amines) is 2. The Labute approximate surface area is 322 Å². The molecular weight excluding hydrogens is 727 g/mol. The molecule has 274 valence electrons. The normalized spacial score (nSPS) is 18.4. The number of nitrogens with one attached hydrogen (secondary N) is 2. The summed E-state index contributed by atoms with van der Waals surface area (Å²) in [5.41, 5.74) is 5.26. The molecule has 2 N–H and O–H groups in total. The summed E-state index contributed by atoms with van der Waals surface area (Å²) in [6, 6.07) is 23.0. The second-order valence-electron chi connectivity index (χ2n) is 14.5. The van der Waals surface area contributed by atoms with Crippen molar-refractivity contribution in [3.8, 4) is 57.5 Å². The van der Waals surface area contributed by atoms with Gasteiger partial charge in [-0.25, -0.2) is 9.97 Å². The summed E-state index contributed by atoms with van der Waals surface area (Å²) >= 11 is 14.3. The predicted molar refractivity (Wildman–Crippen MR) is 201 cm³/mol. The first-order valence-corrected chi connectivity index (χ1v) is 18.6. The van der Waals surface area contributed by atoms with Crippen LogP contribution in [0, 0.1) is 22.7 Å². The molecule has 4 aliphatic heterocycles. The number of benzene rings is 2. The SMILES string of the molecule is N#CCOc1nc(-c2cccc(-c3cccc(-c4ccc(CN5CC6(CCC(=O)N6)C5)c(OCC#N)n4)c3Cl)c2Cl)ccc1CN1CC2(CCC(=O)N2)C1. The molecule has 2 amide bonds. The fourth-order valence-corrected chi connectivity index (χ4v) is 8.80. The smallest absolute Gasteiger partial charge is 0.220 e. The third kappa shape index (κ3) is 6.94. The van der Waals surface area contributed by atoms with Gasteiger partial charge < -0.3 is 20.1 Å². The minimum atomic E-state index is -0.156. The Kier molecular flexibility index (Phi) is 9.63. The van der Waals surface area contributed by atoms with E-state index in [-0.39, 0.29) is 36.1 Å². The molecule has 8 rings (SSSR count). The van der Waals surface area contributed by atoms with Gasteiger partial charge in [-0.3, -0.25) is 19.4 Å². The summed E-state index contributed by atoms with van der Waals surface area (Å²) in [5, 5.41) is 25.7. The number of carbonyl (C=O) groups is 2. The summed E-state index contributed by atoms with van der Waals surface area (Å²) in [6.07, 6.45) is 2.79. The lowest BCUT2D eigenvalue weighted by atomic mass is 9.88. The second-order valence-corrected chi connectivity index (χ2v) is 15.3. The van der Waals surface area contributed by atoms with Gasteiger partial charge in [-0.15, -0.1) is 0 Å². The van der Waals surface area contributed by atoms with Crippen LogP contribution >= 0.6 is 23.2 Å². The van der Waals surface area contributed by atoms with Crippen LogP contribution in [0.3, 0.4) is 0 Å². The van der Waals surface area contributed by atoms with Gasteiger partial charge >= 0.3 is 0 Å². The lowest BCUT2D eigenvalue weighted by molar-refractivity contribution is -0.121. The van der Waals surface area contributed by atoms with Gasteiger partial charge in [0.25, 0.3) is 0 Å². The Morgan fingerprint density at radius 3 is 1.43 bits per heavy atom. The Balaban J connectivity index is 1.04. The quantitative estimate of drug-likeness (QED) is 0.200. The highest BCUT2D eigenvalue weighted by Crippen LogP contribution is 2.43. The van der Waals surface area contributed by atoms with E-state index in [2.05, 4.69) is 20.4 Å². The van der Waals surface area contributed by atoms with Gasteiger partial charge in [0.2, 0.25) is 23.6 Å². The van der Waals surface area contributed by atoms with E-state index in [1.165, 1.54) is 0 Å². The number of aromatic nitrogens is 2. The van der Waals surface area contributed by atoms with E-state index in [0.29, 0.717) is 81.4 Å². The average molecular weight is 764 g/mol. The van der Waals surface area contributed by atoms with Gasteiger partial charge in [0.15, 0.2) is 13.2 Å². The number of pyridine rings is 2. The Morgan fingerprint density at radius 2 is 1.06 bits per heavy atom. The maximum Gasteiger partial charge on any atom is 0.220 e. The van der Waals surface area contributed by atoms with E-state index in [0.717, 1.165) is 50.1 Å². The molecule has 0 aliphatic carbocycles. The van der Waals surface area contributed by atoms with Crippen molar-refractivity contribution in [2.45, 2.75) is 49.9 Å². The van der Waals surface area contributed by atoms with Crippen molar-refractivity contribution in [3.63, 3.8) is 0 Å². The predicted octanol–water partition coefficient (Wildman–Crippen LogP) is 5.52. The number of rotatable bonds is 11. The van der Waals surface area contributed by atoms with Crippen molar-refractivity contribution in [1.82, 2.24) is 30.4 Å². The number of hydrogen-bond donors (Lipinski definition) is 2. The van der Waals surface area contributed by atoms with Crippen LogP contribution in [-0.2, 0) is 22.7 Å². The molecule has 4 aromatic rings. The zero-order chi connectivity index (χ0) is 37.5. The van der Waals surface area contributed by atoms with E-state index in [1.807, 2.05) is 72.8 Å². The molecule has 14 heteroatoms. The molecule has 6 heterocycles. The molecule has 2 spiro atoms. The highest BCUT2D eigenvalue weighted by molar-refractivity contribution is 6.39. The molecule has 2 aromatic heterocycles. The number of nitriles is 2. The summed E-state index contributed by atoms with van der Waals surface area (Å²) in [6.45, 7) is 3.83. The Hall–Kier alpha value is -5.24. The highest BCUT2D eigenvalue weighted by atomic mass is 35.5. The number of halogens is 2. The molecule has 4 aliphatic rings. The van der Waals surface area contributed by atoms with Gasteiger partial charge in [-0.1, -0.05) is 71.7 Å². The Bertz CT molecular complexity index is 2080. The van der Waals surface area contributed by atoms with Gasteiger partial charge in [0, 0.05) is 85.5 Å². The Morgan fingerprint density at radius 1 is 0.648 bits per heavy atom. The van der Waals surface area contributed by atoms with E-state index in [1.54, 1.807) is 0 Å². The first-order valence-electron chi connectivity index (χ1n) is 17.8. The fraction of sp³-hybridized carbons (Fsp3) is 0.350. The van der Waals surface area contributed by atoms with Crippen LogP contribution in [0.15, 0.2) is 60.7 Å². The summed E-state index contributed by atoms with van der Waals surface area (Å²) in [4.78, 5) is 37.7. The van der Waals surface area contributed by atoms with Crippen LogP contribution in [0.5, 0.6) is 11.8 Å². The molecule has 12 nitrogen and oxygen atoms in total. The van der Waals surface area contributed by atoms with E-state index >= 15 is 0 Å². The molecule has 0 saturated carbocycles. The highest BCUT2D eigenvalue weighted by Gasteiger charge is 2.48. The first kappa shape index (κ1) is 35.8. The van der Waals surface area contributed by atoms with Gasteiger partial charge in [0.1, 0.15) is 12.1 Å². The third-order valence-electron chi connectivity index (χ3n) is 10.6. The van der Waals surface area contributed by atoms with Crippen molar-refractivity contribution in [2.24, 2.45) is 0 Å². The van der Waals surface area contributed by atoms with Gasteiger partial charge in [-0.2, -0.15) is 10.5 Å². The molecule has 4 fully saturated rings. The molecule has 0 atom stereocenters. The van der Waals surface area contributed by atoms with E-state index in [9.17, 15) is 20.1 Å². The number of ether oxygens (including phenoxy) is 2. The lowest BCUT2D eigenvalue weighted by Gasteiger charge is -2.48. The van der Waals surface area contributed by atoms with Crippen molar-refractivity contribution < 1.29 is 19.1 Å². The number of nitrogens with zero attached hydrogens (tertiary/aromatic N) is 6. The number of carbonyl (C=O) groups excluding carboxylic acids is 2. The lowest BCUT2D eigenvalue weighted by Crippen LogP contribution is -2.66. The van der Waals surface area contributed by atoms with E-state index < -0.39 is 0 Å². The molecule has 54 heavy (non-hydrogen) atoms. The summed E-state index contributed by atoms with van der Waals surface area (Å²) < 4.78 is 11.6.